The smallest absolute Gasteiger partial charge is 0.253 e. The van der Waals surface area contributed by atoms with Gasteiger partial charge in [-0.2, -0.15) is 0 Å². The Hall–Kier alpha value is -1.79. The number of hydrogen-bond donors (Lipinski definition) is 1. The van der Waals surface area contributed by atoms with Crippen molar-refractivity contribution < 1.29 is 4.79 Å². The molecule has 1 unspecified atom stereocenters. The zero-order chi connectivity index (χ0) is 15.1. The number of benzene rings is 1. The highest BCUT2D eigenvalue weighted by atomic mass is 16.2. The molecule has 2 N–H and O–H groups in total. The molecule has 3 nitrogen and oxygen atoms in total. The van der Waals surface area contributed by atoms with E-state index in [1.165, 1.54) is 0 Å². The molecule has 0 saturated heterocycles. The maximum absolute atomic E-state index is 12.5. The first-order valence-electron chi connectivity index (χ1n) is 7.04. The number of amides is 1. The normalized spacial score (nSPS) is 11.4. The average molecular weight is 272 g/mol. The minimum atomic E-state index is 0.0548. The van der Waals surface area contributed by atoms with Crippen LogP contribution in [0.1, 0.15) is 41.8 Å². The van der Waals surface area contributed by atoms with Crippen LogP contribution in [0.15, 0.2) is 18.2 Å². The number of carbonyl (C=O) groups is 1. The molecule has 0 aliphatic carbocycles. The second kappa shape index (κ2) is 7.72. The lowest BCUT2D eigenvalue weighted by molar-refractivity contribution is 0.0774. The second-order valence-electron chi connectivity index (χ2n) is 5.23. The SMILES string of the molecule is CCC(C)CN(C)C(=O)c1cc(C#CCN)ccc1C. The highest BCUT2D eigenvalue weighted by molar-refractivity contribution is 5.95. The maximum Gasteiger partial charge on any atom is 0.253 e. The first kappa shape index (κ1) is 16.3. The van der Waals surface area contributed by atoms with Crippen LogP contribution in [0.4, 0.5) is 0 Å². The third-order valence-electron chi connectivity index (χ3n) is 3.43. The Morgan fingerprint density at radius 2 is 2.15 bits per heavy atom. The Kier molecular flexibility index (Phi) is 6.27. The standard InChI is InChI=1S/C17H24N2O/c1-5-13(2)12-19(4)17(20)16-11-15(7-6-10-18)9-8-14(16)3/h8-9,11,13H,5,10,12,18H2,1-4H3. The van der Waals surface area contributed by atoms with E-state index < -0.39 is 0 Å². The fourth-order valence-corrected chi connectivity index (χ4v) is 1.97. The molecule has 20 heavy (non-hydrogen) atoms. The summed E-state index contributed by atoms with van der Waals surface area (Å²) >= 11 is 0. The van der Waals surface area contributed by atoms with Crippen LogP contribution < -0.4 is 5.73 Å². The van der Waals surface area contributed by atoms with Gasteiger partial charge in [-0.1, -0.05) is 38.2 Å². The molecule has 0 fully saturated rings. The molecule has 108 valence electrons. The van der Waals surface area contributed by atoms with Crippen molar-refractivity contribution in [3.05, 3.63) is 34.9 Å². The highest BCUT2D eigenvalue weighted by Gasteiger charge is 2.16. The lowest BCUT2D eigenvalue weighted by atomic mass is 10.0. The summed E-state index contributed by atoms with van der Waals surface area (Å²) < 4.78 is 0. The fourth-order valence-electron chi connectivity index (χ4n) is 1.97. The van der Waals surface area contributed by atoms with Gasteiger partial charge in [0.05, 0.1) is 6.54 Å². The van der Waals surface area contributed by atoms with Crippen molar-refractivity contribution in [3.8, 4) is 11.8 Å². The lowest BCUT2D eigenvalue weighted by Crippen LogP contribution is -2.31. The number of rotatable bonds is 4. The van der Waals surface area contributed by atoms with Gasteiger partial charge in [-0.25, -0.2) is 0 Å². The van der Waals surface area contributed by atoms with E-state index in [9.17, 15) is 4.79 Å². The molecule has 1 rings (SSSR count). The molecule has 0 bridgehead atoms. The Morgan fingerprint density at radius 1 is 1.45 bits per heavy atom. The monoisotopic (exact) mass is 272 g/mol. The molecule has 1 atom stereocenters. The van der Waals surface area contributed by atoms with Gasteiger partial charge in [0.15, 0.2) is 0 Å². The van der Waals surface area contributed by atoms with Crippen molar-refractivity contribution in [2.24, 2.45) is 11.7 Å². The molecule has 0 aliphatic heterocycles. The Morgan fingerprint density at radius 3 is 2.75 bits per heavy atom. The van der Waals surface area contributed by atoms with Crippen molar-refractivity contribution in [1.29, 1.82) is 0 Å². The topological polar surface area (TPSA) is 46.3 Å². The maximum atomic E-state index is 12.5. The van der Waals surface area contributed by atoms with Crippen LogP contribution in [0.2, 0.25) is 0 Å². The summed E-state index contributed by atoms with van der Waals surface area (Å²) in [6.07, 6.45) is 1.07. The largest absolute Gasteiger partial charge is 0.341 e. The van der Waals surface area contributed by atoms with Crippen LogP contribution in [0.3, 0.4) is 0 Å². The number of hydrogen-bond acceptors (Lipinski definition) is 2. The van der Waals surface area contributed by atoms with Crippen LogP contribution in [-0.4, -0.2) is 30.9 Å². The number of aryl methyl sites for hydroxylation is 1. The Balaban J connectivity index is 2.96. The molecule has 1 aromatic rings. The van der Waals surface area contributed by atoms with E-state index in [1.54, 1.807) is 4.90 Å². The number of carbonyl (C=O) groups excluding carboxylic acids is 1. The average Bonchev–Trinajstić information content (AvgIpc) is 2.45. The van der Waals surface area contributed by atoms with Crippen molar-refractivity contribution in [2.45, 2.75) is 27.2 Å². The predicted molar refractivity (Wildman–Crippen MR) is 83.5 cm³/mol. The van der Waals surface area contributed by atoms with Crippen molar-refractivity contribution >= 4 is 5.91 Å². The van der Waals surface area contributed by atoms with E-state index in [2.05, 4.69) is 25.7 Å². The summed E-state index contributed by atoms with van der Waals surface area (Å²) in [5, 5.41) is 0. The molecule has 0 aliphatic rings. The lowest BCUT2D eigenvalue weighted by Gasteiger charge is -2.21. The van der Waals surface area contributed by atoms with Gasteiger partial charge < -0.3 is 10.6 Å². The minimum Gasteiger partial charge on any atom is -0.341 e. The molecule has 0 heterocycles. The predicted octanol–water partition coefficient (Wildman–Crippen LogP) is 2.42. The molecule has 3 heteroatoms. The summed E-state index contributed by atoms with van der Waals surface area (Å²) in [5.74, 6) is 6.34. The van der Waals surface area contributed by atoms with Crippen LogP contribution >= 0.6 is 0 Å². The van der Waals surface area contributed by atoms with Gasteiger partial charge in [0.2, 0.25) is 0 Å². The van der Waals surface area contributed by atoms with Gasteiger partial charge in [-0.3, -0.25) is 4.79 Å². The zero-order valence-corrected chi connectivity index (χ0v) is 12.9. The van der Waals surface area contributed by atoms with Crippen LogP contribution in [-0.2, 0) is 0 Å². The molecule has 0 spiro atoms. The van der Waals surface area contributed by atoms with E-state index in [1.807, 2.05) is 32.2 Å². The van der Waals surface area contributed by atoms with Gasteiger partial charge in [-0.05, 0) is 30.5 Å². The van der Waals surface area contributed by atoms with E-state index in [0.29, 0.717) is 12.5 Å². The van der Waals surface area contributed by atoms with Crippen molar-refractivity contribution in [1.82, 2.24) is 4.90 Å². The van der Waals surface area contributed by atoms with Crippen molar-refractivity contribution in [2.75, 3.05) is 20.1 Å². The van der Waals surface area contributed by atoms with Crippen LogP contribution in [0, 0.1) is 24.7 Å². The number of nitrogens with two attached hydrogens (primary N) is 1. The quantitative estimate of drug-likeness (QED) is 0.856. The van der Waals surface area contributed by atoms with Crippen LogP contribution in [0.25, 0.3) is 0 Å². The Labute approximate surface area is 122 Å². The molecular formula is C17H24N2O. The van der Waals surface area contributed by atoms with Gasteiger partial charge in [0, 0.05) is 24.7 Å². The summed E-state index contributed by atoms with van der Waals surface area (Å²) in [5.41, 5.74) is 7.91. The Bertz CT molecular complexity index is 526. The summed E-state index contributed by atoms with van der Waals surface area (Å²) in [6, 6.07) is 5.71. The van der Waals surface area contributed by atoms with Crippen LogP contribution in [0.5, 0.6) is 0 Å². The van der Waals surface area contributed by atoms with E-state index in [4.69, 9.17) is 5.73 Å². The summed E-state index contributed by atoms with van der Waals surface area (Å²) in [6.45, 7) is 7.33. The highest BCUT2D eigenvalue weighted by Crippen LogP contribution is 2.14. The molecular weight excluding hydrogens is 248 g/mol. The first-order chi connectivity index (χ1) is 9.49. The van der Waals surface area contributed by atoms with E-state index in [-0.39, 0.29) is 5.91 Å². The molecule has 1 aromatic carbocycles. The van der Waals surface area contributed by atoms with Gasteiger partial charge in [0.25, 0.3) is 5.91 Å². The summed E-state index contributed by atoms with van der Waals surface area (Å²) in [7, 11) is 1.85. The molecule has 0 saturated carbocycles. The number of nitrogens with zero attached hydrogens (tertiary/aromatic N) is 1. The molecule has 0 radical (unpaired) electrons. The third-order valence-corrected chi connectivity index (χ3v) is 3.43. The van der Waals surface area contributed by atoms with Gasteiger partial charge in [-0.15, -0.1) is 0 Å². The molecule has 0 aromatic heterocycles. The zero-order valence-electron chi connectivity index (χ0n) is 12.9. The minimum absolute atomic E-state index is 0.0548. The van der Waals surface area contributed by atoms with E-state index in [0.717, 1.165) is 29.7 Å². The van der Waals surface area contributed by atoms with Crippen molar-refractivity contribution in [3.63, 3.8) is 0 Å². The summed E-state index contributed by atoms with van der Waals surface area (Å²) in [4.78, 5) is 14.3. The fraction of sp³-hybridized carbons (Fsp3) is 0.471. The molecule has 1 amide bonds. The first-order valence-corrected chi connectivity index (χ1v) is 7.04. The third kappa shape index (κ3) is 4.40. The van der Waals surface area contributed by atoms with E-state index >= 15 is 0 Å². The van der Waals surface area contributed by atoms with Gasteiger partial charge >= 0.3 is 0 Å². The second-order valence-corrected chi connectivity index (χ2v) is 5.23. The van der Waals surface area contributed by atoms with Gasteiger partial charge in [0.1, 0.15) is 0 Å².